The van der Waals surface area contributed by atoms with Crippen LogP contribution in [0.2, 0.25) is 10.0 Å². The second-order valence-electron chi connectivity index (χ2n) is 9.35. The van der Waals surface area contributed by atoms with E-state index in [4.69, 9.17) is 33.2 Å². The first kappa shape index (κ1) is 23.1. The van der Waals surface area contributed by atoms with Crippen molar-refractivity contribution in [2.24, 2.45) is 5.92 Å². The molecular weight excluding hydrogens is 499 g/mol. The zero-order valence-corrected chi connectivity index (χ0v) is 20.9. The van der Waals surface area contributed by atoms with Crippen molar-refractivity contribution in [3.05, 3.63) is 58.7 Å². The van der Waals surface area contributed by atoms with Gasteiger partial charge in [0.05, 0.1) is 21.1 Å². The van der Waals surface area contributed by atoms with E-state index in [0.29, 0.717) is 39.7 Å². The average Bonchev–Trinajstić information content (AvgIpc) is 3.66. The Morgan fingerprint density at radius 1 is 1.03 bits per heavy atom. The maximum atomic E-state index is 12.6. The monoisotopic (exact) mass is 522 g/mol. The Morgan fingerprint density at radius 3 is 2.69 bits per heavy atom. The molecule has 4 aromatic rings. The van der Waals surface area contributed by atoms with Crippen molar-refractivity contribution in [3.63, 3.8) is 0 Å². The van der Waals surface area contributed by atoms with E-state index in [0.717, 1.165) is 43.3 Å². The van der Waals surface area contributed by atoms with E-state index in [2.05, 4.69) is 10.3 Å². The fraction of sp³-hybridized carbons (Fsp3) is 0.308. The summed E-state index contributed by atoms with van der Waals surface area (Å²) in [6.07, 6.45) is 5.62. The van der Waals surface area contributed by atoms with Crippen molar-refractivity contribution >= 4 is 46.1 Å². The standard InChI is InChI=1S/C26H24Cl2N6O2/c27-19-7-5-16(12-20(19)28)24-31-21-13-18(35)6-8-22(21)34(24)23-9-10-29-26(32-23)30-17-2-1-11-33(14-17)25(36)15-3-4-15/h5-10,12-13,15,17,35H,1-4,11,14H2,(H,29,30,32). The lowest BCUT2D eigenvalue weighted by molar-refractivity contribution is -0.133. The number of imidazole rings is 1. The van der Waals surface area contributed by atoms with Gasteiger partial charge in [0.2, 0.25) is 11.9 Å². The van der Waals surface area contributed by atoms with Crippen molar-refractivity contribution in [1.82, 2.24) is 24.4 Å². The molecule has 1 unspecified atom stereocenters. The lowest BCUT2D eigenvalue weighted by atomic mass is 10.1. The zero-order valence-electron chi connectivity index (χ0n) is 19.4. The molecule has 0 spiro atoms. The van der Waals surface area contributed by atoms with Crippen LogP contribution in [0.25, 0.3) is 28.2 Å². The number of hydrogen-bond acceptors (Lipinski definition) is 6. The Bertz CT molecular complexity index is 1470. The van der Waals surface area contributed by atoms with Crippen LogP contribution in [-0.4, -0.2) is 54.6 Å². The van der Waals surface area contributed by atoms with Crippen LogP contribution >= 0.6 is 23.2 Å². The number of aromatic hydroxyl groups is 1. The first-order chi connectivity index (χ1) is 17.5. The van der Waals surface area contributed by atoms with Crippen LogP contribution in [0.1, 0.15) is 25.7 Å². The van der Waals surface area contributed by atoms with Crippen LogP contribution in [0.4, 0.5) is 5.95 Å². The van der Waals surface area contributed by atoms with Gasteiger partial charge in [0.1, 0.15) is 17.4 Å². The molecule has 2 aromatic carbocycles. The van der Waals surface area contributed by atoms with Crippen LogP contribution in [0.5, 0.6) is 5.75 Å². The molecule has 1 saturated carbocycles. The molecule has 1 saturated heterocycles. The fourth-order valence-electron chi connectivity index (χ4n) is 4.74. The summed E-state index contributed by atoms with van der Waals surface area (Å²) < 4.78 is 1.91. The molecule has 0 bridgehead atoms. The van der Waals surface area contributed by atoms with Crippen LogP contribution in [0, 0.1) is 5.92 Å². The Balaban J connectivity index is 1.35. The highest BCUT2D eigenvalue weighted by molar-refractivity contribution is 6.42. The maximum absolute atomic E-state index is 12.6. The Labute approximate surface area is 217 Å². The average molecular weight is 523 g/mol. The number of phenolic OH excluding ortho intramolecular Hbond substituents is 1. The number of piperidine rings is 1. The van der Waals surface area contributed by atoms with Crippen LogP contribution in [0.3, 0.4) is 0 Å². The quantitative estimate of drug-likeness (QED) is 0.368. The van der Waals surface area contributed by atoms with Crippen LogP contribution in [-0.2, 0) is 4.79 Å². The molecule has 2 aliphatic rings. The molecule has 8 nitrogen and oxygen atoms in total. The van der Waals surface area contributed by atoms with Gasteiger partial charge in [0, 0.05) is 42.9 Å². The summed E-state index contributed by atoms with van der Waals surface area (Å²) in [5.74, 6) is 2.33. The number of halogens is 2. The van der Waals surface area contributed by atoms with Crippen molar-refractivity contribution in [3.8, 4) is 23.0 Å². The van der Waals surface area contributed by atoms with Crippen molar-refractivity contribution in [2.75, 3.05) is 18.4 Å². The minimum absolute atomic E-state index is 0.0859. The number of fused-ring (bicyclic) bond motifs is 1. The number of hydrogen-bond donors (Lipinski definition) is 2. The zero-order chi connectivity index (χ0) is 24.8. The lowest BCUT2D eigenvalue weighted by Crippen LogP contribution is -2.45. The van der Waals surface area contributed by atoms with Crippen molar-refractivity contribution in [2.45, 2.75) is 31.7 Å². The van der Waals surface area contributed by atoms with E-state index in [1.165, 1.54) is 0 Å². The molecule has 0 radical (unpaired) electrons. The molecule has 1 amide bonds. The van der Waals surface area contributed by atoms with E-state index >= 15 is 0 Å². The van der Waals surface area contributed by atoms with E-state index < -0.39 is 0 Å². The predicted octanol–water partition coefficient (Wildman–Crippen LogP) is 5.31. The van der Waals surface area contributed by atoms with E-state index in [1.807, 2.05) is 21.6 Å². The highest BCUT2D eigenvalue weighted by Gasteiger charge is 2.35. The Kier molecular flexibility index (Phi) is 5.93. The molecule has 2 aromatic heterocycles. The van der Waals surface area contributed by atoms with Gasteiger partial charge in [0.25, 0.3) is 0 Å². The number of anilines is 1. The second-order valence-corrected chi connectivity index (χ2v) is 10.2. The van der Waals surface area contributed by atoms with Gasteiger partial charge in [-0.05, 0) is 62.1 Å². The highest BCUT2D eigenvalue weighted by atomic mass is 35.5. The summed E-state index contributed by atoms with van der Waals surface area (Å²) in [7, 11) is 0. The summed E-state index contributed by atoms with van der Waals surface area (Å²) >= 11 is 12.4. The number of benzene rings is 2. The normalized spacial score (nSPS) is 17.9. The van der Waals surface area contributed by atoms with Gasteiger partial charge in [-0.3, -0.25) is 9.36 Å². The highest BCUT2D eigenvalue weighted by Crippen LogP contribution is 2.34. The van der Waals surface area contributed by atoms with Crippen LogP contribution in [0.15, 0.2) is 48.7 Å². The Morgan fingerprint density at radius 2 is 1.89 bits per heavy atom. The molecule has 1 aliphatic heterocycles. The maximum Gasteiger partial charge on any atom is 0.225 e. The van der Waals surface area contributed by atoms with Crippen LogP contribution < -0.4 is 5.32 Å². The molecule has 2 N–H and O–H groups in total. The van der Waals surface area contributed by atoms with Gasteiger partial charge in [-0.15, -0.1) is 0 Å². The van der Waals surface area contributed by atoms with Gasteiger partial charge in [-0.1, -0.05) is 23.2 Å². The van der Waals surface area contributed by atoms with Gasteiger partial charge in [-0.25, -0.2) is 9.97 Å². The smallest absolute Gasteiger partial charge is 0.225 e. The summed E-state index contributed by atoms with van der Waals surface area (Å²) in [5.41, 5.74) is 2.15. The Hall–Kier alpha value is -3.36. The number of aromatic nitrogens is 4. The SMILES string of the molecule is O=C(C1CC1)N1CCCC(Nc2nccc(-n3c(-c4ccc(Cl)c(Cl)c4)nc4cc(O)ccc43)n2)C1. The lowest BCUT2D eigenvalue weighted by Gasteiger charge is -2.33. The van der Waals surface area contributed by atoms with Crippen molar-refractivity contribution in [1.29, 1.82) is 0 Å². The van der Waals surface area contributed by atoms with E-state index in [-0.39, 0.29) is 23.6 Å². The topological polar surface area (TPSA) is 96.2 Å². The molecule has 184 valence electrons. The summed E-state index contributed by atoms with van der Waals surface area (Å²) in [4.78, 5) is 28.5. The predicted molar refractivity (Wildman–Crippen MR) is 140 cm³/mol. The molecule has 10 heteroatoms. The number of nitrogens with zero attached hydrogens (tertiary/aromatic N) is 5. The third kappa shape index (κ3) is 4.47. The first-order valence-corrected chi connectivity index (χ1v) is 12.8. The summed E-state index contributed by atoms with van der Waals surface area (Å²) in [6, 6.07) is 12.3. The minimum atomic E-state index is 0.0859. The molecule has 2 fully saturated rings. The van der Waals surface area contributed by atoms with Gasteiger partial charge in [-0.2, -0.15) is 4.98 Å². The molecule has 3 heterocycles. The number of likely N-dealkylation sites (tertiary alicyclic amines) is 1. The number of amides is 1. The summed E-state index contributed by atoms with van der Waals surface area (Å²) in [6.45, 7) is 1.47. The minimum Gasteiger partial charge on any atom is -0.508 e. The van der Waals surface area contributed by atoms with E-state index in [1.54, 1.807) is 36.5 Å². The molecule has 6 rings (SSSR count). The molecule has 1 atom stereocenters. The van der Waals surface area contributed by atoms with Gasteiger partial charge >= 0.3 is 0 Å². The van der Waals surface area contributed by atoms with E-state index in [9.17, 15) is 9.90 Å². The largest absolute Gasteiger partial charge is 0.508 e. The molecule has 36 heavy (non-hydrogen) atoms. The third-order valence-corrected chi connectivity index (χ3v) is 7.42. The van der Waals surface area contributed by atoms with Gasteiger partial charge in [0.15, 0.2) is 0 Å². The number of phenols is 1. The molecule has 1 aliphatic carbocycles. The van der Waals surface area contributed by atoms with Gasteiger partial charge < -0.3 is 15.3 Å². The van der Waals surface area contributed by atoms with Crippen molar-refractivity contribution < 1.29 is 9.90 Å². The summed E-state index contributed by atoms with van der Waals surface area (Å²) in [5, 5.41) is 14.3. The number of rotatable bonds is 5. The molecular formula is C26H24Cl2N6O2. The second kappa shape index (κ2) is 9.26. The third-order valence-electron chi connectivity index (χ3n) is 6.68. The number of nitrogens with one attached hydrogen (secondary N) is 1. The number of carbonyl (C=O) groups excluding carboxylic acids is 1. The fourth-order valence-corrected chi connectivity index (χ4v) is 5.04. The first-order valence-electron chi connectivity index (χ1n) is 12.0. The number of carbonyl (C=O) groups is 1.